The molecule has 1 aromatic rings. The van der Waals surface area contributed by atoms with Gasteiger partial charge in [-0.05, 0) is 46.5 Å². The van der Waals surface area contributed by atoms with Crippen LogP contribution >= 0.6 is 0 Å². The Morgan fingerprint density at radius 2 is 1.82 bits per heavy atom. The Hall–Kier alpha value is -2.38. The minimum atomic E-state index is -1.01. The molecule has 1 N–H and O–H groups in total. The summed E-state index contributed by atoms with van der Waals surface area (Å²) in [6.45, 7) is 8.71. The van der Waals surface area contributed by atoms with Crippen LogP contribution < -0.4 is 4.90 Å². The van der Waals surface area contributed by atoms with E-state index in [0.29, 0.717) is 24.8 Å². The van der Waals surface area contributed by atoms with Crippen molar-refractivity contribution in [2.24, 2.45) is 5.41 Å². The summed E-state index contributed by atoms with van der Waals surface area (Å²) in [5.41, 5.74) is -0.229. The average molecular weight is 388 g/mol. The zero-order valence-electron chi connectivity index (χ0n) is 16.8. The number of ether oxygens (including phenoxy) is 1. The SMILES string of the molecule is CC(C)(C)OC(=O)N1CCC2(CC1)CN(c1cc(C(=O)O)nc(C3CC3)n1)C2. The lowest BCUT2D eigenvalue weighted by atomic mass is 9.72. The lowest BCUT2D eigenvalue weighted by Crippen LogP contribution is -2.61. The molecule has 1 aliphatic carbocycles. The molecular formula is C20H28N4O4. The van der Waals surface area contributed by atoms with Crippen molar-refractivity contribution in [1.82, 2.24) is 14.9 Å². The second-order valence-electron chi connectivity index (χ2n) is 9.37. The summed E-state index contributed by atoms with van der Waals surface area (Å²) in [4.78, 5) is 36.4. The van der Waals surface area contributed by atoms with Crippen molar-refractivity contribution in [2.45, 2.75) is 58.0 Å². The molecule has 1 saturated carbocycles. The number of piperidine rings is 1. The number of nitrogens with zero attached hydrogens (tertiary/aromatic N) is 4. The van der Waals surface area contributed by atoms with E-state index < -0.39 is 11.6 Å². The lowest BCUT2D eigenvalue weighted by molar-refractivity contribution is 0.00588. The monoisotopic (exact) mass is 388 g/mol. The third-order valence-corrected chi connectivity index (χ3v) is 5.74. The van der Waals surface area contributed by atoms with Crippen molar-refractivity contribution in [3.63, 3.8) is 0 Å². The van der Waals surface area contributed by atoms with Gasteiger partial charge in [0.25, 0.3) is 0 Å². The van der Waals surface area contributed by atoms with Crippen molar-refractivity contribution in [3.05, 3.63) is 17.6 Å². The lowest BCUT2D eigenvalue weighted by Gasteiger charge is -2.54. The van der Waals surface area contributed by atoms with E-state index in [-0.39, 0.29) is 17.2 Å². The van der Waals surface area contributed by atoms with Gasteiger partial charge in [-0.25, -0.2) is 19.6 Å². The molecular weight excluding hydrogens is 360 g/mol. The first-order valence-electron chi connectivity index (χ1n) is 9.99. The van der Waals surface area contributed by atoms with Gasteiger partial charge in [-0.3, -0.25) is 0 Å². The number of anilines is 1. The number of carboxylic acids is 1. The van der Waals surface area contributed by atoms with Gasteiger partial charge in [0.05, 0.1) is 0 Å². The maximum absolute atomic E-state index is 12.2. The number of rotatable bonds is 3. The van der Waals surface area contributed by atoms with Crippen LogP contribution in [0.25, 0.3) is 0 Å². The van der Waals surface area contributed by atoms with E-state index in [2.05, 4.69) is 14.9 Å². The van der Waals surface area contributed by atoms with Gasteiger partial charge in [-0.2, -0.15) is 0 Å². The maximum Gasteiger partial charge on any atom is 0.410 e. The smallest absolute Gasteiger partial charge is 0.410 e. The second kappa shape index (κ2) is 6.60. The Morgan fingerprint density at radius 1 is 1.18 bits per heavy atom. The first-order chi connectivity index (χ1) is 13.1. The molecule has 0 atom stereocenters. The molecule has 1 amide bonds. The van der Waals surface area contributed by atoms with Crippen LogP contribution in [0.5, 0.6) is 0 Å². The van der Waals surface area contributed by atoms with Crippen LogP contribution in [-0.4, -0.2) is 63.8 Å². The number of carboxylic acid groups (broad SMARTS) is 1. The minimum absolute atomic E-state index is 0.0765. The summed E-state index contributed by atoms with van der Waals surface area (Å²) in [5, 5.41) is 9.35. The fourth-order valence-electron chi connectivity index (χ4n) is 3.98. The number of aromatic nitrogens is 2. The third-order valence-electron chi connectivity index (χ3n) is 5.74. The number of carbonyl (C=O) groups is 2. The Bertz CT molecular complexity index is 784. The summed E-state index contributed by atoms with van der Waals surface area (Å²) in [6, 6.07) is 1.58. The number of hydrogen-bond donors (Lipinski definition) is 1. The molecule has 28 heavy (non-hydrogen) atoms. The summed E-state index contributed by atoms with van der Waals surface area (Å²) in [6.07, 6.45) is 3.68. The largest absolute Gasteiger partial charge is 0.477 e. The molecule has 0 unspecified atom stereocenters. The van der Waals surface area contributed by atoms with Gasteiger partial charge in [0.15, 0.2) is 5.69 Å². The van der Waals surface area contributed by atoms with Gasteiger partial charge >= 0.3 is 12.1 Å². The Balaban J connectivity index is 1.37. The van der Waals surface area contributed by atoms with Crippen molar-refractivity contribution in [2.75, 3.05) is 31.1 Å². The fraction of sp³-hybridized carbons (Fsp3) is 0.700. The van der Waals surface area contributed by atoms with Gasteiger partial charge in [-0.15, -0.1) is 0 Å². The number of likely N-dealkylation sites (tertiary alicyclic amines) is 1. The standard InChI is InChI=1S/C20H28N4O4/c1-19(2,3)28-18(27)23-8-6-20(7-9-23)11-24(12-20)15-10-14(17(25)26)21-16(22-15)13-4-5-13/h10,13H,4-9,11-12H2,1-3H3,(H,25,26). The van der Waals surface area contributed by atoms with E-state index in [9.17, 15) is 14.7 Å². The van der Waals surface area contributed by atoms with Gasteiger partial charge in [0.2, 0.25) is 0 Å². The average Bonchev–Trinajstić information content (AvgIpc) is 3.43. The molecule has 0 bridgehead atoms. The molecule has 0 radical (unpaired) electrons. The number of carbonyl (C=O) groups excluding carboxylic acids is 1. The maximum atomic E-state index is 12.2. The van der Waals surface area contributed by atoms with E-state index in [1.165, 1.54) is 0 Å². The number of amides is 1. The van der Waals surface area contributed by atoms with E-state index in [1.54, 1.807) is 11.0 Å². The number of hydrogen-bond acceptors (Lipinski definition) is 6. The van der Waals surface area contributed by atoms with Gasteiger partial charge in [0.1, 0.15) is 17.2 Å². The summed E-state index contributed by atoms with van der Waals surface area (Å²) >= 11 is 0. The van der Waals surface area contributed by atoms with Gasteiger partial charge < -0.3 is 19.6 Å². The molecule has 2 saturated heterocycles. The van der Waals surface area contributed by atoms with Crippen LogP contribution in [0.3, 0.4) is 0 Å². The third kappa shape index (κ3) is 3.91. The van der Waals surface area contributed by atoms with Gasteiger partial charge in [-0.1, -0.05) is 0 Å². The molecule has 3 fully saturated rings. The van der Waals surface area contributed by atoms with E-state index in [4.69, 9.17) is 4.74 Å². The molecule has 1 spiro atoms. The first-order valence-corrected chi connectivity index (χ1v) is 9.99. The molecule has 4 rings (SSSR count). The van der Waals surface area contributed by atoms with Crippen LogP contribution in [0.2, 0.25) is 0 Å². The number of aromatic carboxylic acids is 1. The molecule has 8 nitrogen and oxygen atoms in total. The molecule has 8 heteroatoms. The van der Waals surface area contributed by atoms with Crippen LogP contribution in [0.1, 0.15) is 68.7 Å². The topological polar surface area (TPSA) is 95.9 Å². The molecule has 2 aliphatic heterocycles. The second-order valence-corrected chi connectivity index (χ2v) is 9.37. The molecule has 1 aromatic heterocycles. The fourth-order valence-corrected chi connectivity index (χ4v) is 3.98. The van der Waals surface area contributed by atoms with E-state index in [1.807, 2.05) is 20.8 Å². The predicted molar refractivity (Wildman–Crippen MR) is 103 cm³/mol. The summed E-state index contributed by atoms with van der Waals surface area (Å²) in [7, 11) is 0. The Morgan fingerprint density at radius 3 is 2.36 bits per heavy atom. The van der Waals surface area contributed by atoms with Crippen molar-refractivity contribution in [1.29, 1.82) is 0 Å². The highest BCUT2D eigenvalue weighted by Crippen LogP contribution is 2.44. The van der Waals surface area contributed by atoms with E-state index >= 15 is 0 Å². The molecule has 0 aromatic carbocycles. The van der Waals surface area contributed by atoms with E-state index in [0.717, 1.165) is 44.6 Å². The summed E-state index contributed by atoms with van der Waals surface area (Å²) in [5.74, 6) is 0.682. The van der Waals surface area contributed by atoms with Crippen molar-refractivity contribution >= 4 is 17.9 Å². The van der Waals surface area contributed by atoms with Crippen LogP contribution in [0.4, 0.5) is 10.6 Å². The molecule has 3 aliphatic rings. The summed E-state index contributed by atoms with van der Waals surface area (Å²) < 4.78 is 5.47. The minimum Gasteiger partial charge on any atom is -0.477 e. The van der Waals surface area contributed by atoms with Crippen molar-refractivity contribution < 1.29 is 19.4 Å². The molecule has 3 heterocycles. The zero-order valence-corrected chi connectivity index (χ0v) is 16.8. The van der Waals surface area contributed by atoms with Crippen molar-refractivity contribution in [3.8, 4) is 0 Å². The Kier molecular flexibility index (Phi) is 4.47. The normalized spacial score (nSPS) is 21.4. The zero-order chi connectivity index (χ0) is 20.1. The van der Waals surface area contributed by atoms with Crippen LogP contribution in [0, 0.1) is 5.41 Å². The predicted octanol–water partition coefficient (Wildman–Crippen LogP) is 2.89. The first kappa shape index (κ1) is 19.0. The van der Waals surface area contributed by atoms with Crippen LogP contribution in [-0.2, 0) is 4.74 Å². The van der Waals surface area contributed by atoms with Crippen LogP contribution in [0.15, 0.2) is 6.07 Å². The molecule has 152 valence electrons. The highest BCUT2D eigenvalue weighted by molar-refractivity contribution is 5.86. The Labute approximate surface area is 164 Å². The highest BCUT2D eigenvalue weighted by Gasteiger charge is 2.46. The van der Waals surface area contributed by atoms with Gasteiger partial charge in [0, 0.05) is 43.6 Å². The quantitative estimate of drug-likeness (QED) is 0.850. The highest BCUT2D eigenvalue weighted by atomic mass is 16.6.